The summed E-state index contributed by atoms with van der Waals surface area (Å²) in [5.41, 5.74) is 1.83. The molecule has 0 aliphatic rings. The summed E-state index contributed by atoms with van der Waals surface area (Å²) in [7, 11) is 0. The fourth-order valence-corrected chi connectivity index (χ4v) is 1.66. The van der Waals surface area contributed by atoms with E-state index < -0.39 is 0 Å². The summed E-state index contributed by atoms with van der Waals surface area (Å²) in [5, 5.41) is 3.37. The van der Waals surface area contributed by atoms with Crippen LogP contribution in [-0.4, -0.2) is 29.8 Å². The number of pyridine rings is 1. The number of ether oxygens (including phenoxy) is 2. The van der Waals surface area contributed by atoms with Gasteiger partial charge < -0.3 is 14.8 Å². The number of hydrogen-bond acceptors (Lipinski definition) is 4. The van der Waals surface area contributed by atoms with Crippen LogP contribution in [0.1, 0.15) is 46.0 Å². The molecule has 0 unspecified atom stereocenters. The summed E-state index contributed by atoms with van der Waals surface area (Å²) in [6, 6.07) is 4.38. The van der Waals surface area contributed by atoms with Gasteiger partial charge in [-0.15, -0.1) is 0 Å². The maximum absolute atomic E-state index is 5.79. The van der Waals surface area contributed by atoms with E-state index in [-0.39, 0.29) is 5.60 Å². The predicted molar refractivity (Wildman–Crippen MR) is 82.1 cm³/mol. The second-order valence-electron chi connectivity index (χ2n) is 6.24. The Labute approximate surface area is 122 Å². The highest BCUT2D eigenvalue weighted by Crippen LogP contribution is 2.17. The van der Waals surface area contributed by atoms with Gasteiger partial charge in [-0.25, -0.2) is 0 Å². The van der Waals surface area contributed by atoms with Crippen LogP contribution in [0.3, 0.4) is 0 Å². The Bertz CT molecular complexity index is 411. The van der Waals surface area contributed by atoms with Crippen molar-refractivity contribution in [3.8, 4) is 5.75 Å². The molecule has 0 aliphatic heterocycles. The molecule has 1 heterocycles. The molecular weight excluding hydrogens is 252 g/mol. The largest absolute Gasteiger partial charge is 0.489 e. The van der Waals surface area contributed by atoms with Crippen LogP contribution in [0.5, 0.6) is 5.75 Å². The number of hydrogen-bond donors (Lipinski definition) is 1. The zero-order valence-electron chi connectivity index (χ0n) is 13.6. The third-order valence-electron chi connectivity index (χ3n) is 2.63. The molecule has 0 fully saturated rings. The second kappa shape index (κ2) is 7.60. The molecule has 20 heavy (non-hydrogen) atoms. The molecule has 0 saturated carbocycles. The molecule has 114 valence electrons. The topological polar surface area (TPSA) is 43.4 Å². The summed E-state index contributed by atoms with van der Waals surface area (Å²) in [6.45, 7) is 14.2. The van der Waals surface area contributed by atoms with E-state index in [1.807, 2.05) is 39.8 Å². The average molecular weight is 280 g/mol. The van der Waals surface area contributed by atoms with Gasteiger partial charge in [-0.3, -0.25) is 4.98 Å². The van der Waals surface area contributed by atoms with Gasteiger partial charge in [-0.05, 0) is 39.8 Å². The Morgan fingerprint density at radius 2 is 1.90 bits per heavy atom. The van der Waals surface area contributed by atoms with Gasteiger partial charge in [-0.2, -0.15) is 0 Å². The molecule has 1 N–H and O–H groups in total. The van der Waals surface area contributed by atoms with Crippen molar-refractivity contribution in [2.45, 2.75) is 59.7 Å². The van der Waals surface area contributed by atoms with Crippen molar-refractivity contribution in [3.63, 3.8) is 0 Å². The lowest BCUT2D eigenvalue weighted by Crippen LogP contribution is -2.24. The van der Waals surface area contributed by atoms with Crippen molar-refractivity contribution in [2.24, 2.45) is 0 Å². The summed E-state index contributed by atoms with van der Waals surface area (Å²) >= 11 is 0. The van der Waals surface area contributed by atoms with Gasteiger partial charge in [0.05, 0.1) is 17.9 Å². The molecular formula is C16H28N2O2. The van der Waals surface area contributed by atoms with Crippen LogP contribution in [0.15, 0.2) is 12.1 Å². The number of nitrogens with one attached hydrogen (secondary N) is 1. The highest BCUT2D eigenvalue weighted by Gasteiger charge is 2.10. The van der Waals surface area contributed by atoms with E-state index in [0.717, 1.165) is 23.7 Å². The second-order valence-corrected chi connectivity index (χ2v) is 6.24. The third-order valence-corrected chi connectivity index (χ3v) is 2.63. The first-order valence-electron chi connectivity index (χ1n) is 7.24. The molecule has 0 aliphatic carbocycles. The van der Waals surface area contributed by atoms with Gasteiger partial charge >= 0.3 is 0 Å². The van der Waals surface area contributed by atoms with E-state index in [2.05, 4.69) is 24.1 Å². The summed E-state index contributed by atoms with van der Waals surface area (Å²) in [5.74, 6) is 0.834. The van der Waals surface area contributed by atoms with Gasteiger partial charge in [0.15, 0.2) is 0 Å². The van der Waals surface area contributed by atoms with Crippen LogP contribution < -0.4 is 10.1 Å². The molecule has 0 atom stereocenters. The van der Waals surface area contributed by atoms with Gasteiger partial charge in [0.25, 0.3) is 0 Å². The maximum Gasteiger partial charge on any atom is 0.142 e. The molecule has 0 aromatic carbocycles. The van der Waals surface area contributed by atoms with Crippen molar-refractivity contribution in [1.29, 1.82) is 0 Å². The van der Waals surface area contributed by atoms with Crippen LogP contribution in [0, 0.1) is 6.92 Å². The van der Waals surface area contributed by atoms with Crippen LogP contribution in [0.4, 0.5) is 0 Å². The standard InChI is InChI=1S/C16H28N2O2/c1-12(2)17-11-14-15(8-7-13(3)18-14)19-9-10-20-16(4,5)6/h7-8,12,17H,9-11H2,1-6H3. The van der Waals surface area contributed by atoms with Gasteiger partial charge in [0, 0.05) is 18.3 Å². The van der Waals surface area contributed by atoms with Gasteiger partial charge in [0.1, 0.15) is 12.4 Å². The lowest BCUT2D eigenvalue weighted by atomic mass is 10.2. The molecule has 1 aromatic heterocycles. The van der Waals surface area contributed by atoms with E-state index in [4.69, 9.17) is 9.47 Å². The molecule has 1 rings (SSSR count). The predicted octanol–water partition coefficient (Wildman–Crippen LogP) is 3.08. The maximum atomic E-state index is 5.79. The van der Waals surface area contributed by atoms with E-state index in [1.165, 1.54) is 0 Å². The molecule has 4 heteroatoms. The lowest BCUT2D eigenvalue weighted by Gasteiger charge is -2.20. The van der Waals surface area contributed by atoms with Crippen LogP contribution >= 0.6 is 0 Å². The number of aromatic nitrogens is 1. The first-order valence-corrected chi connectivity index (χ1v) is 7.24. The molecule has 4 nitrogen and oxygen atoms in total. The Balaban J connectivity index is 2.55. The van der Waals surface area contributed by atoms with E-state index in [9.17, 15) is 0 Å². The molecule has 0 spiro atoms. The van der Waals surface area contributed by atoms with E-state index in [0.29, 0.717) is 19.3 Å². The quantitative estimate of drug-likeness (QED) is 0.780. The van der Waals surface area contributed by atoms with Crippen LogP contribution in [-0.2, 0) is 11.3 Å². The van der Waals surface area contributed by atoms with Gasteiger partial charge in [-0.1, -0.05) is 13.8 Å². The average Bonchev–Trinajstić information content (AvgIpc) is 2.32. The third kappa shape index (κ3) is 6.87. The highest BCUT2D eigenvalue weighted by atomic mass is 16.5. The Hall–Kier alpha value is -1.13. The van der Waals surface area contributed by atoms with Crippen molar-refractivity contribution in [2.75, 3.05) is 13.2 Å². The van der Waals surface area contributed by atoms with Crippen molar-refractivity contribution >= 4 is 0 Å². The normalized spacial score (nSPS) is 11.9. The van der Waals surface area contributed by atoms with Crippen LogP contribution in [0.25, 0.3) is 0 Å². The van der Waals surface area contributed by atoms with E-state index in [1.54, 1.807) is 0 Å². The van der Waals surface area contributed by atoms with Crippen LogP contribution in [0.2, 0.25) is 0 Å². The first-order chi connectivity index (χ1) is 9.28. The van der Waals surface area contributed by atoms with Crippen molar-refractivity contribution in [3.05, 3.63) is 23.5 Å². The van der Waals surface area contributed by atoms with Gasteiger partial charge in [0.2, 0.25) is 0 Å². The molecule has 0 bridgehead atoms. The highest BCUT2D eigenvalue weighted by molar-refractivity contribution is 5.29. The lowest BCUT2D eigenvalue weighted by molar-refractivity contribution is -0.0164. The summed E-state index contributed by atoms with van der Waals surface area (Å²) in [4.78, 5) is 4.54. The molecule has 0 saturated heterocycles. The fourth-order valence-electron chi connectivity index (χ4n) is 1.66. The Kier molecular flexibility index (Phi) is 6.43. The zero-order valence-corrected chi connectivity index (χ0v) is 13.6. The minimum Gasteiger partial charge on any atom is -0.489 e. The first kappa shape index (κ1) is 16.9. The number of nitrogens with zero attached hydrogens (tertiary/aromatic N) is 1. The summed E-state index contributed by atoms with van der Waals surface area (Å²) < 4.78 is 11.4. The minimum atomic E-state index is -0.128. The minimum absolute atomic E-state index is 0.128. The molecule has 0 radical (unpaired) electrons. The Morgan fingerprint density at radius 3 is 2.50 bits per heavy atom. The summed E-state index contributed by atoms with van der Waals surface area (Å²) in [6.07, 6.45) is 0. The molecule has 0 amide bonds. The fraction of sp³-hybridized carbons (Fsp3) is 0.688. The SMILES string of the molecule is Cc1ccc(OCCOC(C)(C)C)c(CNC(C)C)n1. The number of rotatable bonds is 7. The smallest absolute Gasteiger partial charge is 0.142 e. The Morgan fingerprint density at radius 1 is 1.20 bits per heavy atom. The monoisotopic (exact) mass is 280 g/mol. The van der Waals surface area contributed by atoms with Crippen molar-refractivity contribution in [1.82, 2.24) is 10.3 Å². The van der Waals surface area contributed by atoms with Crippen molar-refractivity contribution < 1.29 is 9.47 Å². The number of aryl methyl sites for hydroxylation is 1. The van der Waals surface area contributed by atoms with E-state index >= 15 is 0 Å². The molecule has 1 aromatic rings. The zero-order chi connectivity index (χ0) is 15.2.